The average molecular weight is 313 g/mol. The van der Waals surface area contributed by atoms with Crippen LogP contribution in [0.4, 0.5) is 0 Å². The minimum Gasteiger partial charge on any atom is -0.508 e. The first kappa shape index (κ1) is 16.5. The zero-order valence-corrected chi connectivity index (χ0v) is 12.8. The lowest BCUT2D eigenvalue weighted by molar-refractivity contribution is 0.112. The van der Waals surface area contributed by atoms with Crippen molar-refractivity contribution >= 4 is 17.2 Å². The highest BCUT2D eigenvalue weighted by atomic mass is 16.5. The molecule has 0 unspecified atom stereocenters. The van der Waals surface area contributed by atoms with E-state index >= 15 is 0 Å². The number of hydrogen-bond acceptors (Lipinski definition) is 5. The number of H-pyrrole nitrogens is 1. The van der Waals surface area contributed by atoms with Gasteiger partial charge in [-0.15, -0.1) is 0 Å². The normalized spacial score (nSPS) is 10.0. The maximum atomic E-state index is 10.2. The molecule has 0 radical (unpaired) electrons. The Balaban J connectivity index is 0.000000174. The van der Waals surface area contributed by atoms with Gasteiger partial charge in [-0.05, 0) is 42.8 Å². The minimum atomic E-state index is 0.297. The number of nitrogens with one attached hydrogen (secondary N) is 1. The van der Waals surface area contributed by atoms with Crippen molar-refractivity contribution in [1.29, 1.82) is 0 Å². The van der Waals surface area contributed by atoms with Crippen LogP contribution >= 0.6 is 0 Å². The Labute approximate surface area is 133 Å². The van der Waals surface area contributed by atoms with Gasteiger partial charge in [-0.25, -0.2) is 4.98 Å². The molecule has 0 saturated heterocycles. The van der Waals surface area contributed by atoms with Gasteiger partial charge in [0.25, 0.3) is 0 Å². The van der Waals surface area contributed by atoms with E-state index in [2.05, 4.69) is 9.97 Å². The minimum absolute atomic E-state index is 0.297. The summed E-state index contributed by atoms with van der Waals surface area (Å²) in [7, 11) is 1.51. The highest BCUT2D eigenvalue weighted by molar-refractivity contribution is 5.84. The fourth-order valence-electron chi connectivity index (χ4n) is 2.14. The Hall–Kier alpha value is -2.86. The van der Waals surface area contributed by atoms with Gasteiger partial charge in [-0.2, -0.15) is 0 Å². The van der Waals surface area contributed by atoms with Crippen molar-refractivity contribution in [2.75, 3.05) is 13.7 Å². The highest BCUT2D eigenvalue weighted by Crippen LogP contribution is 2.22. The number of benzene rings is 1. The molecule has 120 valence electrons. The van der Waals surface area contributed by atoms with Crippen molar-refractivity contribution in [2.24, 2.45) is 5.73 Å². The number of aromatic amines is 1. The third-order valence-electron chi connectivity index (χ3n) is 3.27. The Bertz CT molecular complexity index is 784. The number of phenolic OH excluding ortho intramolecular Hbond substituents is 1. The second-order valence-electron chi connectivity index (χ2n) is 4.83. The van der Waals surface area contributed by atoms with E-state index < -0.39 is 0 Å². The zero-order chi connectivity index (χ0) is 16.7. The number of methoxy groups -OCH3 is 1. The van der Waals surface area contributed by atoms with E-state index in [1.807, 2.05) is 12.3 Å². The van der Waals surface area contributed by atoms with E-state index in [0.29, 0.717) is 23.7 Å². The molecule has 3 aromatic rings. The second kappa shape index (κ2) is 7.95. The number of nitrogens with zero attached hydrogens (tertiary/aromatic N) is 1. The Kier molecular flexibility index (Phi) is 5.71. The van der Waals surface area contributed by atoms with E-state index in [4.69, 9.17) is 10.5 Å². The van der Waals surface area contributed by atoms with Crippen molar-refractivity contribution in [3.63, 3.8) is 0 Å². The van der Waals surface area contributed by atoms with Crippen LogP contribution in [0.5, 0.6) is 11.6 Å². The average Bonchev–Trinajstić information content (AvgIpc) is 2.98. The van der Waals surface area contributed by atoms with Crippen LogP contribution in [-0.2, 0) is 6.42 Å². The lowest BCUT2D eigenvalue weighted by Crippen LogP contribution is -2.01. The number of fused-ring (bicyclic) bond motifs is 1. The first-order valence-corrected chi connectivity index (χ1v) is 7.12. The number of aromatic nitrogens is 2. The molecular formula is C17H19N3O3. The molecule has 0 atom stereocenters. The highest BCUT2D eigenvalue weighted by Gasteiger charge is 2.02. The third kappa shape index (κ3) is 4.31. The Morgan fingerprint density at radius 1 is 1.35 bits per heavy atom. The van der Waals surface area contributed by atoms with Gasteiger partial charge in [0.15, 0.2) is 0 Å². The van der Waals surface area contributed by atoms with Gasteiger partial charge in [0, 0.05) is 34.9 Å². The van der Waals surface area contributed by atoms with Gasteiger partial charge in [0.05, 0.1) is 7.11 Å². The quantitative estimate of drug-likeness (QED) is 0.641. The number of aldehydes is 1. The SMILES string of the molecule is COc1cc(C=O)ccn1.NCCc1c[nH]c2ccc(O)cc12. The molecule has 2 heterocycles. The molecule has 0 bridgehead atoms. The molecule has 3 rings (SSSR count). The molecule has 1 aromatic carbocycles. The molecule has 4 N–H and O–H groups in total. The van der Waals surface area contributed by atoms with Crippen LogP contribution in [0, 0.1) is 0 Å². The fourth-order valence-corrected chi connectivity index (χ4v) is 2.14. The van der Waals surface area contributed by atoms with Crippen molar-refractivity contribution in [1.82, 2.24) is 9.97 Å². The largest absolute Gasteiger partial charge is 0.508 e. The number of hydrogen-bond donors (Lipinski definition) is 3. The van der Waals surface area contributed by atoms with Gasteiger partial charge in [0.2, 0.25) is 5.88 Å². The molecule has 6 heteroatoms. The maximum absolute atomic E-state index is 10.2. The van der Waals surface area contributed by atoms with E-state index in [0.717, 1.165) is 29.2 Å². The van der Waals surface area contributed by atoms with Gasteiger partial charge in [-0.1, -0.05) is 0 Å². The Morgan fingerprint density at radius 2 is 2.17 bits per heavy atom. The summed E-state index contributed by atoms with van der Waals surface area (Å²) in [6.07, 6.45) is 5.06. The predicted octanol–water partition coefficient (Wildman–Crippen LogP) is 2.28. The summed E-state index contributed by atoms with van der Waals surface area (Å²) >= 11 is 0. The second-order valence-corrected chi connectivity index (χ2v) is 4.83. The van der Waals surface area contributed by atoms with E-state index in [1.54, 1.807) is 24.3 Å². The molecule has 6 nitrogen and oxygen atoms in total. The molecule has 0 saturated carbocycles. The van der Waals surface area contributed by atoms with Crippen LogP contribution in [-0.4, -0.2) is 35.0 Å². The summed E-state index contributed by atoms with van der Waals surface area (Å²) in [6, 6.07) is 8.50. The summed E-state index contributed by atoms with van der Waals surface area (Å²) in [6.45, 7) is 0.628. The van der Waals surface area contributed by atoms with Crippen LogP contribution in [0.2, 0.25) is 0 Å². The molecule has 23 heavy (non-hydrogen) atoms. The standard InChI is InChI=1S/C10H12N2O.C7H7NO2/c11-4-3-7-6-12-10-2-1-8(13)5-9(7)10;1-10-7-4-6(5-9)2-3-8-7/h1-2,5-6,12-13H,3-4,11H2;2-5H,1H3. The monoisotopic (exact) mass is 313 g/mol. The number of pyridine rings is 1. The molecular weight excluding hydrogens is 294 g/mol. The molecule has 0 spiro atoms. The van der Waals surface area contributed by atoms with E-state index in [9.17, 15) is 9.90 Å². The third-order valence-corrected chi connectivity index (χ3v) is 3.27. The Morgan fingerprint density at radius 3 is 2.87 bits per heavy atom. The number of carbonyl (C=O) groups excluding carboxylic acids is 1. The van der Waals surface area contributed by atoms with Gasteiger partial charge in [-0.3, -0.25) is 4.79 Å². The molecule has 0 aliphatic rings. The van der Waals surface area contributed by atoms with Crippen molar-refractivity contribution in [3.8, 4) is 11.6 Å². The molecule has 0 fully saturated rings. The summed E-state index contributed by atoms with van der Waals surface area (Å²) in [5, 5.41) is 10.4. The number of nitrogens with two attached hydrogens (primary N) is 1. The van der Waals surface area contributed by atoms with Crippen LogP contribution in [0.25, 0.3) is 10.9 Å². The van der Waals surface area contributed by atoms with Crippen molar-refractivity contribution < 1.29 is 14.6 Å². The topological polar surface area (TPSA) is 101 Å². The van der Waals surface area contributed by atoms with Gasteiger partial charge >= 0.3 is 0 Å². The predicted molar refractivity (Wildman–Crippen MR) is 88.9 cm³/mol. The number of carbonyl (C=O) groups is 1. The maximum Gasteiger partial charge on any atom is 0.213 e. The van der Waals surface area contributed by atoms with Crippen LogP contribution in [0.1, 0.15) is 15.9 Å². The number of aromatic hydroxyl groups is 1. The lowest BCUT2D eigenvalue weighted by atomic mass is 10.1. The van der Waals surface area contributed by atoms with Gasteiger partial charge in [0.1, 0.15) is 12.0 Å². The number of phenols is 1. The van der Waals surface area contributed by atoms with Crippen LogP contribution in [0.15, 0.2) is 42.7 Å². The van der Waals surface area contributed by atoms with E-state index in [1.165, 1.54) is 13.3 Å². The first-order chi connectivity index (χ1) is 11.2. The summed E-state index contributed by atoms with van der Waals surface area (Å²) in [5.41, 5.74) is 8.25. The summed E-state index contributed by atoms with van der Waals surface area (Å²) in [5.74, 6) is 0.759. The zero-order valence-electron chi connectivity index (χ0n) is 12.8. The molecule has 0 amide bonds. The van der Waals surface area contributed by atoms with Crippen molar-refractivity contribution in [3.05, 3.63) is 53.9 Å². The summed E-state index contributed by atoms with van der Waals surface area (Å²) < 4.78 is 4.79. The van der Waals surface area contributed by atoms with Crippen LogP contribution in [0.3, 0.4) is 0 Å². The molecule has 2 aromatic heterocycles. The van der Waals surface area contributed by atoms with Gasteiger partial charge < -0.3 is 20.6 Å². The molecule has 0 aliphatic carbocycles. The summed E-state index contributed by atoms with van der Waals surface area (Å²) in [4.78, 5) is 17.1. The fraction of sp³-hybridized carbons (Fsp3) is 0.176. The lowest BCUT2D eigenvalue weighted by Gasteiger charge is -1.96. The van der Waals surface area contributed by atoms with Crippen molar-refractivity contribution in [2.45, 2.75) is 6.42 Å². The van der Waals surface area contributed by atoms with Crippen LogP contribution < -0.4 is 10.5 Å². The first-order valence-electron chi connectivity index (χ1n) is 7.12. The van der Waals surface area contributed by atoms with E-state index in [-0.39, 0.29) is 0 Å². The number of ether oxygens (including phenoxy) is 1. The number of rotatable bonds is 4. The molecule has 0 aliphatic heterocycles. The smallest absolute Gasteiger partial charge is 0.213 e.